The summed E-state index contributed by atoms with van der Waals surface area (Å²) in [6.07, 6.45) is 2.90. The Balaban J connectivity index is 1.89. The molecule has 1 rings (SSSR count). The largest absolute Gasteiger partial charge is 0.378 e. The second-order valence-corrected chi connectivity index (χ2v) is 4.76. The molecule has 5 heteroatoms. The maximum atomic E-state index is 11.5. The van der Waals surface area contributed by atoms with Gasteiger partial charge in [0.25, 0.3) is 0 Å². The van der Waals surface area contributed by atoms with E-state index in [4.69, 9.17) is 4.74 Å². The minimum Gasteiger partial charge on any atom is -0.378 e. The Labute approximate surface area is 104 Å². The highest BCUT2D eigenvalue weighted by Crippen LogP contribution is 2.07. The lowest BCUT2D eigenvalue weighted by atomic mass is 10.1. The summed E-state index contributed by atoms with van der Waals surface area (Å²) in [7, 11) is 4.03. The molecule has 0 aliphatic carbocycles. The fourth-order valence-corrected chi connectivity index (χ4v) is 1.84. The molecule has 0 aromatic rings. The molecule has 1 unspecified atom stereocenters. The van der Waals surface area contributed by atoms with E-state index in [-0.39, 0.29) is 5.91 Å². The molecule has 5 nitrogen and oxygen atoms in total. The Morgan fingerprint density at radius 1 is 1.47 bits per heavy atom. The lowest BCUT2D eigenvalue weighted by molar-refractivity contribution is -0.121. The van der Waals surface area contributed by atoms with E-state index >= 15 is 0 Å². The fraction of sp³-hybridized carbons (Fsp3) is 0.917. The van der Waals surface area contributed by atoms with Crippen LogP contribution in [0.2, 0.25) is 0 Å². The third-order valence-corrected chi connectivity index (χ3v) is 2.85. The number of ether oxygens (including phenoxy) is 1. The van der Waals surface area contributed by atoms with Gasteiger partial charge in [-0.15, -0.1) is 0 Å². The highest BCUT2D eigenvalue weighted by Gasteiger charge is 2.16. The van der Waals surface area contributed by atoms with Crippen LogP contribution in [0.25, 0.3) is 0 Å². The number of amides is 1. The van der Waals surface area contributed by atoms with Crippen molar-refractivity contribution in [1.82, 2.24) is 15.5 Å². The van der Waals surface area contributed by atoms with Gasteiger partial charge in [0.1, 0.15) is 0 Å². The Morgan fingerprint density at radius 3 is 2.94 bits per heavy atom. The molecule has 1 atom stereocenters. The molecular formula is C12H25N3O2. The smallest absolute Gasteiger partial charge is 0.221 e. The summed E-state index contributed by atoms with van der Waals surface area (Å²) < 4.78 is 5.39. The maximum absolute atomic E-state index is 11.5. The minimum absolute atomic E-state index is 0.126. The molecule has 2 N–H and O–H groups in total. The molecule has 0 radical (unpaired) electrons. The number of hydrogen-bond donors (Lipinski definition) is 2. The van der Waals surface area contributed by atoms with Gasteiger partial charge in [0.15, 0.2) is 0 Å². The van der Waals surface area contributed by atoms with Gasteiger partial charge < -0.3 is 20.3 Å². The Morgan fingerprint density at radius 2 is 2.29 bits per heavy atom. The summed E-state index contributed by atoms with van der Waals surface area (Å²) in [6.45, 7) is 3.88. The van der Waals surface area contributed by atoms with Crippen LogP contribution in [-0.4, -0.2) is 63.8 Å². The monoisotopic (exact) mass is 243 g/mol. The first-order chi connectivity index (χ1) is 8.18. The minimum atomic E-state index is 0.126. The molecule has 0 spiro atoms. The second-order valence-electron chi connectivity index (χ2n) is 4.76. The van der Waals surface area contributed by atoms with E-state index in [2.05, 4.69) is 15.5 Å². The molecule has 100 valence electrons. The van der Waals surface area contributed by atoms with Crippen molar-refractivity contribution < 1.29 is 9.53 Å². The average Bonchev–Trinajstić information content (AvgIpc) is 2.75. The first kappa shape index (κ1) is 14.4. The normalized spacial score (nSPS) is 19.8. The molecule has 0 saturated carbocycles. The zero-order valence-corrected chi connectivity index (χ0v) is 11.0. The molecule has 17 heavy (non-hydrogen) atoms. The predicted molar refractivity (Wildman–Crippen MR) is 68.0 cm³/mol. The fourth-order valence-electron chi connectivity index (χ4n) is 1.84. The van der Waals surface area contributed by atoms with Crippen LogP contribution in [0.5, 0.6) is 0 Å². The number of hydrogen-bond acceptors (Lipinski definition) is 4. The van der Waals surface area contributed by atoms with Gasteiger partial charge in [-0.05, 0) is 33.5 Å². The van der Waals surface area contributed by atoms with Crippen molar-refractivity contribution >= 4 is 5.91 Å². The van der Waals surface area contributed by atoms with E-state index in [0.29, 0.717) is 32.2 Å². The summed E-state index contributed by atoms with van der Waals surface area (Å²) in [5, 5.41) is 6.19. The van der Waals surface area contributed by atoms with Gasteiger partial charge in [-0.25, -0.2) is 0 Å². The van der Waals surface area contributed by atoms with Crippen LogP contribution in [0.4, 0.5) is 0 Å². The van der Waals surface area contributed by atoms with Crippen LogP contribution in [0.1, 0.15) is 19.3 Å². The number of carbonyl (C=O) groups is 1. The molecule has 1 fully saturated rings. The quantitative estimate of drug-likeness (QED) is 0.581. The number of likely N-dealkylation sites (N-methyl/N-ethyl adjacent to an activating group) is 1. The van der Waals surface area contributed by atoms with Gasteiger partial charge in [-0.2, -0.15) is 0 Å². The van der Waals surface area contributed by atoms with Crippen molar-refractivity contribution in [2.24, 2.45) is 0 Å². The van der Waals surface area contributed by atoms with Crippen molar-refractivity contribution in [3.8, 4) is 0 Å². The summed E-state index contributed by atoms with van der Waals surface area (Å²) in [4.78, 5) is 13.6. The number of carbonyl (C=O) groups excluding carboxylic acids is 1. The maximum Gasteiger partial charge on any atom is 0.221 e. The van der Waals surface area contributed by atoms with Crippen molar-refractivity contribution in [2.75, 3.05) is 46.9 Å². The van der Waals surface area contributed by atoms with E-state index in [1.165, 1.54) is 6.42 Å². The van der Waals surface area contributed by atoms with Gasteiger partial charge in [-0.1, -0.05) is 0 Å². The van der Waals surface area contributed by atoms with Gasteiger partial charge in [0.05, 0.1) is 13.2 Å². The molecule has 1 heterocycles. The van der Waals surface area contributed by atoms with Crippen molar-refractivity contribution in [1.29, 1.82) is 0 Å². The van der Waals surface area contributed by atoms with Crippen molar-refractivity contribution in [2.45, 2.75) is 25.3 Å². The Bertz CT molecular complexity index is 216. The van der Waals surface area contributed by atoms with E-state index < -0.39 is 0 Å². The molecule has 1 aliphatic heterocycles. The third-order valence-electron chi connectivity index (χ3n) is 2.85. The Hall–Kier alpha value is -0.650. The highest BCUT2D eigenvalue weighted by molar-refractivity contribution is 5.76. The molecule has 0 aromatic heterocycles. The average molecular weight is 243 g/mol. The second kappa shape index (κ2) is 8.44. The van der Waals surface area contributed by atoms with Crippen LogP contribution in [-0.2, 0) is 9.53 Å². The summed E-state index contributed by atoms with van der Waals surface area (Å²) >= 11 is 0. The van der Waals surface area contributed by atoms with Gasteiger partial charge in [0, 0.05) is 25.6 Å². The molecule has 1 aliphatic rings. The van der Waals surface area contributed by atoms with Gasteiger partial charge in [-0.3, -0.25) is 4.79 Å². The zero-order valence-electron chi connectivity index (χ0n) is 11.0. The summed E-state index contributed by atoms with van der Waals surface area (Å²) in [5.41, 5.74) is 0. The van der Waals surface area contributed by atoms with Crippen LogP contribution >= 0.6 is 0 Å². The molecule has 0 aromatic carbocycles. The van der Waals surface area contributed by atoms with E-state index in [9.17, 15) is 4.79 Å². The highest BCUT2D eigenvalue weighted by atomic mass is 16.5. The van der Waals surface area contributed by atoms with Crippen LogP contribution in [0, 0.1) is 0 Å². The van der Waals surface area contributed by atoms with Crippen LogP contribution in [0.3, 0.4) is 0 Å². The van der Waals surface area contributed by atoms with E-state index in [0.717, 1.165) is 19.5 Å². The number of rotatable bonds is 8. The summed E-state index contributed by atoms with van der Waals surface area (Å²) in [5.74, 6) is 0.126. The standard InChI is InChI=1S/C12H25N3O2/c1-15(2)7-9-17-8-6-14-12(16)10-11-4-3-5-13-11/h11,13H,3-10H2,1-2H3,(H,14,16). The third kappa shape index (κ3) is 7.31. The SMILES string of the molecule is CN(C)CCOCCNC(=O)CC1CCCN1. The Kier molecular flexibility index (Phi) is 7.16. The molecular weight excluding hydrogens is 218 g/mol. The van der Waals surface area contributed by atoms with E-state index in [1.54, 1.807) is 0 Å². The first-order valence-corrected chi connectivity index (χ1v) is 6.41. The lowest BCUT2D eigenvalue weighted by Crippen LogP contribution is -2.33. The predicted octanol–water partition coefficient (Wildman–Crippen LogP) is -0.177. The van der Waals surface area contributed by atoms with E-state index in [1.807, 2.05) is 14.1 Å². The number of nitrogens with one attached hydrogen (secondary N) is 2. The topological polar surface area (TPSA) is 53.6 Å². The molecule has 0 bridgehead atoms. The van der Waals surface area contributed by atoms with Crippen molar-refractivity contribution in [3.05, 3.63) is 0 Å². The zero-order chi connectivity index (χ0) is 12.5. The van der Waals surface area contributed by atoms with Gasteiger partial charge >= 0.3 is 0 Å². The summed E-state index contributed by atoms with van der Waals surface area (Å²) in [6, 6.07) is 0.379. The van der Waals surface area contributed by atoms with Gasteiger partial charge in [0.2, 0.25) is 5.91 Å². The molecule has 1 amide bonds. The van der Waals surface area contributed by atoms with Crippen LogP contribution < -0.4 is 10.6 Å². The number of nitrogens with zero attached hydrogens (tertiary/aromatic N) is 1. The van der Waals surface area contributed by atoms with Crippen LogP contribution in [0.15, 0.2) is 0 Å². The first-order valence-electron chi connectivity index (χ1n) is 6.41. The molecule has 1 saturated heterocycles. The lowest BCUT2D eigenvalue weighted by Gasteiger charge is -2.12. The van der Waals surface area contributed by atoms with Crippen molar-refractivity contribution in [3.63, 3.8) is 0 Å².